The summed E-state index contributed by atoms with van der Waals surface area (Å²) in [4.78, 5) is 28.4. The maximum atomic E-state index is 13.0. The van der Waals surface area contributed by atoms with Crippen molar-refractivity contribution >= 4 is 29.1 Å². The minimum Gasteiger partial charge on any atom is -0.364 e. The van der Waals surface area contributed by atoms with Crippen LogP contribution in [0.5, 0.6) is 0 Å². The van der Waals surface area contributed by atoms with Crippen LogP contribution in [0.2, 0.25) is 5.02 Å². The molecule has 25 heavy (non-hydrogen) atoms. The lowest BCUT2D eigenvalue weighted by Gasteiger charge is -2.22. The zero-order chi connectivity index (χ0) is 18.1. The quantitative estimate of drug-likeness (QED) is 0.882. The molecule has 2 aliphatic rings. The van der Waals surface area contributed by atoms with E-state index in [1.807, 2.05) is 12.1 Å². The van der Waals surface area contributed by atoms with Crippen LogP contribution in [0, 0.1) is 0 Å². The van der Waals surface area contributed by atoms with Crippen LogP contribution in [0.1, 0.15) is 30.7 Å². The van der Waals surface area contributed by atoms with Gasteiger partial charge in [-0.15, -0.1) is 0 Å². The lowest BCUT2D eigenvalue weighted by atomic mass is 9.97. The molecule has 1 fully saturated rings. The van der Waals surface area contributed by atoms with E-state index in [0.29, 0.717) is 31.0 Å². The van der Waals surface area contributed by atoms with Crippen molar-refractivity contribution in [1.82, 2.24) is 4.90 Å². The Kier molecular flexibility index (Phi) is 5.32. The topological polar surface area (TPSA) is 75.9 Å². The Morgan fingerprint density at radius 1 is 1.36 bits per heavy atom. The van der Waals surface area contributed by atoms with E-state index < -0.39 is 6.10 Å². The Hall–Kier alpha value is -1.63. The maximum absolute atomic E-state index is 13.0. The van der Waals surface area contributed by atoms with E-state index in [9.17, 15) is 9.59 Å². The van der Waals surface area contributed by atoms with E-state index in [1.54, 1.807) is 30.0 Å². The summed E-state index contributed by atoms with van der Waals surface area (Å²) in [6.07, 6.45) is 1.33. The summed E-state index contributed by atoms with van der Waals surface area (Å²) in [5.74, 6) is -0.0795. The van der Waals surface area contributed by atoms with Crippen molar-refractivity contribution in [2.24, 2.45) is 5.73 Å². The molecule has 0 radical (unpaired) electrons. The summed E-state index contributed by atoms with van der Waals surface area (Å²) in [6, 6.07) is 5.48. The summed E-state index contributed by atoms with van der Waals surface area (Å²) in [6.45, 7) is 0.900. The number of hydrogen-bond donors (Lipinski definition) is 1. The number of rotatable bonds is 4. The van der Waals surface area contributed by atoms with E-state index in [2.05, 4.69) is 0 Å². The van der Waals surface area contributed by atoms with Crippen molar-refractivity contribution in [3.63, 3.8) is 0 Å². The van der Waals surface area contributed by atoms with E-state index in [1.165, 1.54) is 0 Å². The molecule has 7 heteroatoms. The molecular weight excluding hydrogens is 342 g/mol. The van der Waals surface area contributed by atoms with Crippen LogP contribution in [0.15, 0.2) is 18.2 Å². The number of nitrogens with two attached hydrogens (primary N) is 1. The van der Waals surface area contributed by atoms with Crippen molar-refractivity contribution in [1.29, 1.82) is 0 Å². The molecule has 0 aromatic heterocycles. The van der Waals surface area contributed by atoms with Gasteiger partial charge in [-0.25, -0.2) is 0 Å². The third-order valence-corrected chi connectivity index (χ3v) is 5.19. The Morgan fingerprint density at radius 2 is 2.12 bits per heavy atom. The molecule has 2 N–H and O–H groups in total. The molecule has 0 bridgehead atoms. The van der Waals surface area contributed by atoms with Gasteiger partial charge >= 0.3 is 0 Å². The highest BCUT2D eigenvalue weighted by Gasteiger charge is 2.39. The zero-order valence-electron chi connectivity index (χ0n) is 14.6. The number of nitrogens with zero attached hydrogens (tertiary/aromatic N) is 2. The summed E-state index contributed by atoms with van der Waals surface area (Å²) in [7, 11) is 3.47. The molecule has 1 unspecified atom stereocenters. The zero-order valence-corrected chi connectivity index (χ0v) is 15.3. The molecule has 6 nitrogen and oxygen atoms in total. The van der Waals surface area contributed by atoms with E-state index in [0.717, 1.165) is 17.7 Å². The molecule has 2 aliphatic heterocycles. The van der Waals surface area contributed by atoms with Crippen LogP contribution in [-0.2, 0) is 14.3 Å². The molecule has 0 saturated carbocycles. The number of amides is 2. The molecule has 136 valence electrons. The van der Waals surface area contributed by atoms with Gasteiger partial charge in [0.05, 0.1) is 6.10 Å². The van der Waals surface area contributed by atoms with Gasteiger partial charge in [-0.05, 0) is 36.6 Å². The Morgan fingerprint density at radius 3 is 2.76 bits per heavy atom. The smallest absolute Gasteiger partial charge is 0.256 e. The first-order valence-electron chi connectivity index (χ1n) is 8.57. The molecule has 3 rings (SSSR count). The van der Waals surface area contributed by atoms with E-state index in [4.69, 9.17) is 22.1 Å². The van der Waals surface area contributed by atoms with E-state index >= 15 is 0 Å². The molecule has 3 atom stereocenters. The lowest BCUT2D eigenvalue weighted by Crippen LogP contribution is -2.39. The van der Waals surface area contributed by atoms with Gasteiger partial charge in [0.25, 0.3) is 5.91 Å². The van der Waals surface area contributed by atoms with Crippen molar-refractivity contribution in [3.8, 4) is 0 Å². The van der Waals surface area contributed by atoms with E-state index in [-0.39, 0.29) is 23.8 Å². The first-order chi connectivity index (χ1) is 11.9. The molecule has 2 amide bonds. The fourth-order valence-corrected chi connectivity index (χ4v) is 3.71. The third kappa shape index (κ3) is 3.66. The van der Waals surface area contributed by atoms with Crippen LogP contribution in [0.25, 0.3) is 0 Å². The Labute approximate surface area is 152 Å². The molecule has 1 aromatic rings. The van der Waals surface area contributed by atoms with Gasteiger partial charge in [0.2, 0.25) is 5.91 Å². The average Bonchev–Trinajstić information content (AvgIpc) is 3.19. The maximum Gasteiger partial charge on any atom is 0.256 e. The second-order valence-corrected chi connectivity index (χ2v) is 7.34. The number of carbonyl (C=O) groups excluding carboxylic acids is 2. The number of ether oxygens (including phenoxy) is 1. The number of carbonyl (C=O) groups is 2. The number of fused-ring (bicyclic) bond motifs is 1. The van der Waals surface area contributed by atoms with Crippen LogP contribution in [0.3, 0.4) is 0 Å². The molecule has 0 aliphatic carbocycles. The molecular formula is C18H24ClN3O3. The van der Waals surface area contributed by atoms with Crippen LogP contribution in [0.4, 0.5) is 5.69 Å². The van der Waals surface area contributed by atoms with Gasteiger partial charge in [-0.3, -0.25) is 9.59 Å². The number of hydrogen-bond acceptors (Lipinski definition) is 4. The molecule has 1 saturated heterocycles. The first-order valence-corrected chi connectivity index (χ1v) is 8.95. The van der Waals surface area contributed by atoms with Crippen molar-refractivity contribution < 1.29 is 14.3 Å². The van der Waals surface area contributed by atoms with Gasteiger partial charge in [0.1, 0.15) is 6.10 Å². The largest absolute Gasteiger partial charge is 0.364 e. The van der Waals surface area contributed by atoms with Gasteiger partial charge in [-0.1, -0.05) is 11.6 Å². The summed E-state index contributed by atoms with van der Waals surface area (Å²) in [5, 5.41) is 0.607. The number of benzene rings is 1. The highest BCUT2D eigenvalue weighted by Crippen LogP contribution is 2.41. The van der Waals surface area contributed by atoms with Gasteiger partial charge in [0, 0.05) is 50.2 Å². The summed E-state index contributed by atoms with van der Waals surface area (Å²) < 4.78 is 5.76. The highest BCUT2D eigenvalue weighted by atomic mass is 35.5. The van der Waals surface area contributed by atoms with Gasteiger partial charge in [0.15, 0.2) is 0 Å². The van der Waals surface area contributed by atoms with Crippen LogP contribution >= 0.6 is 11.6 Å². The predicted octanol–water partition coefficient (Wildman–Crippen LogP) is 1.75. The van der Waals surface area contributed by atoms with Crippen LogP contribution < -0.4 is 10.6 Å². The molecule has 0 spiro atoms. The lowest BCUT2D eigenvalue weighted by molar-refractivity contribution is -0.130. The highest BCUT2D eigenvalue weighted by molar-refractivity contribution is 6.30. The second-order valence-electron chi connectivity index (χ2n) is 6.90. The fraction of sp³-hybridized carbons (Fsp3) is 0.556. The summed E-state index contributed by atoms with van der Waals surface area (Å²) >= 11 is 6.14. The standard InChI is InChI=1S/C18H24ClN3O3/c1-21(2)17(23)7-11-10-22(15-5-3-12(19)8-14(11)15)18(24)16-6-4-13(9-20)25-16/h3,5,8,11,13,16H,4,6-7,9-10,20H2,1-2H3/t11?,13-,16+/m1/s1. The SMILES string of the molecule is CN(C)C(=O)CC1CN(C(=O)[C@@H]2CC[C@H](CN)O2)c2ccc(Cl)cc21. The number of halogens is 1. The minimum absolute atomic E-state index is 0.0329. The second kappa shape index (κ2) is 7.32. The first kappa shape index (κ1) is 18.2. The monoisotopic (exact) mass is 365 g/mol. The molecule has 1 aromatic carbocycles. The third-order valence-electron chi connectivity index (χ3n) is 4.95. The summed E-state index contributed by atoms with van der Waals surface area (Å²) in [5.41, 5.74) is 7.41. The Balaban J connectivity index is 1.82. The predicted molar refractivity (Wildman–Crippen MR) is 96.8 cm³/mol. The number of anilines is 1. The van der Waals surface area contributed by atoms with Crippen LogP contribution in [-0.4, -0.2) is 56.1 Å². The van der Waals surface area contributed by atoms with Crippen molar-refractivity contribution in [3.05, 3.63) is 28.8 Å². The van der Waals surface area contributed by atoms with Crippen molar-refractivity contribution in [2.45, 2.75) is 37.4 Å². The molecule has 2 heterocycles. The minimum atomic E-state index is -0.458. The normalized spacial score (nSPS) is 25.1. The average molecular weight is 366 g/mol. The fourth-order valence-electron chi connectivity index (χ4n) is 3.53. The van der Waals surface area contributed by atoms with Gasteiger partial charge < -0.3 is 20.3 Å². The Bertz CT molecular complexity index is 680. The van der Waals surface area contributed by atoms with Gasteiger partial charge in [-0.2, -0.15) is 0 Å². The van der Waals surface area contributed by atoms with Crippen molar-refractivity contribution in [2.75, 3.05) is 32.1 Å².